The molecule has 0 aliphatic rings. The van der Waals surface area contributed by atoms with Crippen LogP contribution in [0.5, 0.6) is 5.75 Å². The van der Waals surface area contributed by atoms with Gasteiger partial charge in [0.1, 0.15) is 5.75 Å². The highest BCUT2D eigenvalue weighted by Gasteiger charge is 2.18. The number of aliphatic hydroxyl groups excluding tert-OH is 1. The third-order valence-corrected chi connectivity index (χ3v) is 3.78. The topological polar surface area (TPSA) is 29.5 Å². The zero-order valence-electron chi connectivity index (χ0n) is 11.2. The van der Waals surface area contributed by atoms with Crippen LogP contribution in [0.1, 0.15) is 43.4 Å². The van der Waals surface area contributed by atoms with Gasteiger partial charge in [0.2, 0.25) is 0 Å². The van der Waals surface area contributed by atoms with Gasteiger partial charge in [-0.05, 0) is 37.0 Å². The van der Waals surface area contributed by atoms with Crippen LogP contribution < -0.4 is 4.74 Å². The summed E-state index contributed by atoms with van der Waals surface area (Å²) in [6, 6.07) is 2.12. The molecule has 0 aliphatic carbocycles. The number of rotatable bonds is 4. The third kappa shape index (κ3) is 3.23. The van der Waals surface area contributed by atoms with Crippen LogP contribution in [-0.2, 0) is 6.42 Å². The van der Waals surface area contributed by atoms with Gasteiger partial charge in [0.05, 0.1) is 13.2 Å². The van der Waals surface area contributed by atoms with E-state index in [4.69, 9.17) is 4.74 Å². The molecule has 0 fully saturated rings. The molecule has 1 unspecified atom stereocenters. The number of methoxy groups -OCH3 is 1. The fourth-order valence-corrected chi connectivity index (χ4v) is 2.50. The molecule has 0 saturated carbocycles. The summed E-state index contributed by atoms with van der Waals surface area (Å²) in [5.41, 5.74) is 3.42. The number of halogens is 1. The van der Waals surface area contributed by atoms with Gasteiger partial charge in [0.15, 0.2) is 0 Å². The van der Waals surface area contributed by atoms with Crippen LogP contribution in [0, 0.1) is 6.92 Å². The minimum atomic E-state index is -0.364. The first-order chi connectivity index (χ1) is 7.88. The molecule has 1 aromatic rings. The number of hydrogen-bond acceptors (Lipinski definition) is 2. The smallest absolute Gasteiger partial charge is 0.125 e. The summed E-state index contributed by atoms with van der Waals surface area (Å²) in [6.45, 7) is 8.14. The van der Waals surface area contributed by atoms with Gasteiger partial charge in [-0.3, -0.25) is 0 Å². The second-order valence-electron chi connectivity index (χ2n) is 4.79. The van der Waals surface area contributed by atoms with Gasteiger partial charge in [-0.25, -0.2) is 0 Å². The molecule has 3 heteroatoms. The predicted molar refractivity (Wildman–Crippen MR) is 74.9 cm³/mol. The number of ether oxygens (including phenoxy) is 1. The van der Waals surface area contributed by atoms with E-state index in [2.05, 4.69) is 42.8 Å². The maximum atomic E-state index is 9.60. The van der Waals surface area contributed by atoms with Crippen LogP contribution in [0.25, 0.3) is 0 Å². The van der Waals surface area contributed by atoms with Gasteiger partial charge in [-0.2, -0.15) is 0 Å². The van der Waals surface area contributed by atoms with Crippen molar-refractivity contribution in [3.63, 3.8) is 0 Å². The first kappa shape index (κ1) is 14.5. The Labute approximate surface area is 112 Å². The van der Waals surface area contributed by atoms with E-state index >= 15 is 0 Å². The van der Waals surface area contributed by atoms with Crippen molar-refractivity contribution in [3.8, 4) is 5.75 Å². The highest BCUT2D eigenvalue weighted by Crippen LogP contribution is 2.37. The average molecular weight is 301 g/mol. The van der Waals surface area contributed by atoms with Crippen molar-refractivity contribution >= 4 is 15.9 Å². The van der Waals surface area contributed by atoms with E-state index in [0.29, 0.717) is 12.3 Å². The van der Waals surface area contributed by atoms with Crippen LogP contribution in [0.3, 0.4) is 0 Å². The van der Waals surface area contributed by atoms with Crippen molar-refractivity contribution in [2.45, 2.75) is 46.1 Å². The zero-order chi connectivity index (χ0) is 13.2. The van der Waals surface area contributed by atoms with Crippen molar-refractivity contribution in [3.05, 3.63) is 27.2 Å². The molecule has 0 aromatic heterocycles. The highest BCUT2D eigenvalue weighted by atomic mass is 79.9. The fourth-order valence-electron chi connectivity index (χ4n) is 2.01. The van der Waals surface area contributed by atoms with E-state index < -0.39 is 0 Å². The summed E-state index contributed by atoms with van der Waals surface area (Å²) in [6.07, 6.45) is 0.255. The lowest BCUT2D eigenvalue weighted by molar-refractivity contribution is 0.194. The molecule has 0 amide bonds. The molecule has 1 aromatic carbocycles. The lowest BCUT2D eigenvalue weighted by Crippen LogP contribution is -2.10. The largest absolute Gasteiger partial charge is 0.496 e. The fraction of sp³-hybridized carbons (Fsp3) is 0.571. The van der Waals surface area contributed by atoms with E-state index in [9.17, 15) is 5.11 Å². The van der Waals surface area contributed by atoms with Gasteiger partial charge in [-0.1, -0.05) is 29.8 Å². The van der Waals surface area contributed by atoms with E-state index in [1.54, 1.807) is 14.0 Å². The minimum absolute atomic E-state index is 0.364. The second kappa shape index (κ2) is 5.87. The molecule has 17 heavy (non-hydrogen) atoms. The summed E-state index contributed by atoms with van der Waals surface area (Å²) in [5.74, 6) is 1.32. The van der Waals surface area contributed by atoms with Crippen molar-refractivity contribution in [1.29, 1.82) is 0 Å². The zero-order valence-corrected chi connectivity index (χ0v) is 12.8. The predicted octanol–water partition coefficient (Wildman–Crippen LogP) is 3.81. The third-order valence-electron chi connectivity index (χ3n) is 2.96. The van der Waals surface area contributed by atoms with E-state index in [1.807, 2.05) is 0 Å². The summed E-state index contributed by atoms with van der Waals surface area (Å²) in [5, 5.41) is 9.60. The highest BCUT2D eigenvalue weighted by molar-refractivity contribution is 9.10. The molecule has 0 radical (unpaired) electrons. The van der Waals surface area contributed by atoms with Gasteiger partial charge in [0.25, 0.3) is 0 Å². The summed E-state index contributed by atoms with van der Waals surface area (Å²) in [4.78, 5) is 0. The Morgan fingerprint density at radius 1 is 1.35 bits per heavy atom. The number of hydrogen-bond donors (Lipinski definition) is 1. The minimum Gasteiger partial charge on any atom is -0.496 e. The van der Waals surface area contributed by atoms with Crippen LogP contribution in [0.2, 0.25) is 0 Å². The molecule has 0 aliphatic heterocycles. The van der Waals surface area contributed by atoms with Crippen LogP contribution >= 0.6 is 15.9 Å². The van der Waals surface area contributed by atoms with Gasteiger partial charge in [-0.15, -0.1) is 0 Å². The molecule has 1 N–H and O–H groups in total. The molecule has 0 spiro atoms. The van der Waals surface area contributed by atoms with Crippen molar-refractivity contribution < 1.29 is 9.84 Å². The lowest BCUT2D eigenvalue weighted by atomic mass is 9.93. The first-order valence-electron chi connectivity index (χ1n) is 5.92. The van der Waals surface area contributed by atoms with Crippen molar-refractivity contribution in [1.82, 2.24) is 0 Å². The maximum absolute atomic E-state index is 9.60. The standard InChI is InChI=1S/C14H21BrO2/c1-8(2)11-7-13(15)10(4)12(6-9(3)16)14(11)17-5/h7-9,16H,6H2,1-5H3. The molecule has 1 atom stereocenters. The Bertz CT molecular complexity index is 398. The van der Waals surface area contributed by atoms with E-state index in [1.165, 1.54) is 5.56 Å². The summed E-state index contributed by atoms with van der Waals surface area (Å²) >= 11 is 3.58. The van der Waals surface area contributed by atoms with Crippen LogP contribution in [0.15, 0.2) is 10.5 Å². The van der Waals surface area contributed by atoms with Gasteiger partial charge < -0.3 is 9.84 Å². The molecule has 2 nitrogen and oxygen atoms in total. The Hall–Kier alpha value is -0.540. The Morgan fingerprint density at radius 3 is 2.35 bits per heavy atom. The quantitative estimate of drug-likeness (QED) is 0.916. The van der Waals surface area contributed by atoms with Gasteiger partial charge >= 0.3 is 0 Å². The molecule has 96 valence electrons. The van der Waals surface area contributed by atoms with Crippen LogP contribution in [-0.4, -0.2) is 18.3 Å². The molecular formula is C14H21BrO2. The monoisotopic (exact) mass is 300 g/mol. The summed E-state index contributed by atoms with van der Waals surface area (Å²) < 4.78 is 6.62. The molecule has 0 saturated heterocycles. The number of aliphatic hydroxyl groups is 1. The second-order valence-corrected chi connectivity index (χ2v) is 5.65. The Kier molecular flexibility index (Phi) is 5.02. The van der Waals surface area contributed by atoms with Crippen LogP contribution in [0.4, 0.5) is 0 Å². The first-order valence-corrected chi connectivity index (χ1v) is 6.71. The molecule has 1 rings (SSSR count). The number of benzene rings is 1. The Morgan fingerprint density at radius 2 is 1.94 bits per heavy atom. The van der Waals surface area contributed by atoms with Crippen molar-refractivity contribution in [2.75, 3.05) is 7.11 Å². The molecular weight excluding hydrogens is 280 g/mol. The lowest BCUT2D eigenvalue weighted by Gasteiger charge is -2.20. The van der Waals surface area contributed by atoms with Crippen molar-refractivity contribution in [2.24, 2.45) is 0 Å². The Balaban J connectivity index is 3.42. The average Bonchev–Trinajstić information content (AvgIpc) is 2.23. The van der Waals surface area contributed by atoms with E-state index in [0.717, 1.165) is 21.3 Å². The molecule has 0 bridgehead atoms. The molecule has 0 heterocycles. The van der Waals surface area contributed by atoms with E-state index in [-0.39, 0.29) is 6.10 Å². The SMILES string of the molecule is COc1c(C(C)C)cc(Br)c(C)c1CC(C)O. The van der Waals surface area contributed by atoms with Gasteiger partial charge in [0, 0.05) is 16.5 Å². The maximum Gasteiger partial charge on any atom is 0.125 e. The summed E-state index contributed by atoms with van der Waals surface area (Å²) in [7, 11) is 1.69. The normalized spacial score (nSPS) is 12.9.